The highest BCUT2D eigenvalue weighted by molar-refractivity contribution is 5.27. The second kappa shape index (κ2) is 7.22. The first-order valence-corrected chi connectivity index (χ1v) is 7.43. The van der Waals surface area contributed by atoms with Crippen LogP contribution in [0.2, 0.25) is 0 Å². The van der Waals surface area contributed by atoms with Crippen LogP contribution in [0.5, 0.6) is 5.75 Å². The molecule has 21 heavy (non-hydrogen) atoms. The Kier molecular flexibility index (Phi) is 5.33. The van der Waals surface area contributed by atoms with Crippen LogP contribution >= 0.6 is 0 Å². The molecule has 0 bridgehead atoms. The van der Waals surface area contributed by atoms with E-state index in [1.165, 1.54) is 5.56 Å². The van der Waals surface area contributed by atoms with Gasteiger partial charge in [-0.05, 0) is 30.5 Å². The quantitative estimate of drug-likeness (QED) is 0.795. The molecule has 0 spiro atoms. The van der Waals surface area contributed by atoms with Gasteiger partial charge in [0.15, 0.2) is 0 Å². The van der Waals surface area contributed by atoms with Crippen molar-refractivity contribution in [1.29, 1.82) is 0 Å². The molecule has 0 saturated heterocycles. The van der Waals surface area contributed by atoms with Crippen LogP contribution in [-0.2, 0) is 13.1 Å². The fourth-order valence-corrected chi connectivity index (χ4v) is 2.41. The van der Waals surface area contributed by atoms with E-state index in [0.717, 1.165) is 30.1 Å². The first kappa shape index (κ1) is 15.5. The van der Waals surface area contributed by atoms with Gasteiger partial charge in [-0.2, -0.15) is 0 Å². The average molecular weight is 288 g/mol. The molecule has 0 aliphatic heterocycles. The molecule has 1 aromatic carbocycles. The number of hydrogen-bond acceptors (Lipinski definition) is 4. The third-order valence-electron chi connectivity index (χ3n) is 3.36. The third kappa shape index (κ3) is 4.04. The minimum Gasteiger partial charge on any atom is -0.494 e. The Morgan fingerprint density at radius 3 is 2.81 bits per heavy atom. The van der Waals surface area contributed by atoms with Crippen LogP contribution in [0.25, 0.3) is 0 Å². The van der Waals surface area contributed by atoms with E-state index in [9.17, 15) is 0 Å². The summed E-state index contributed by atoms with van der Waals surface area (Å²) in [6, 6.07) is 8.09. The van der Waals surface area contributed by atoms with Crippen LogP contribution in [0.1, 0.15) is 43.1 Å². The first-order valence-electron chi connectivity index (χ1n) is 7.43. The number of ether oxygens (including phenoxy) is 1. The number of aromatic nitrogens is 3. The van der Waals surface area contributed by atoms with E-state index in [4.69, 9.17) is 10.5 Å². The fourth-order valence-electron chi connectivity index (χ4n) is 2.41. The lowest BCUT2D eigenvalue weighted by Crippen LogP contribution is -2.11. The lowest BCUT2D eigenvalue weighted by atomic mass is 10.1. The molecule has 0 fully saturated rings. The topological polar surface area (TPSA) is 66.0 Å². The molecule has 0 saturated carbocycles. The van der Waals surface area contributed by atoms with Gasteiger partial charge < -0.3 is 10.5 Å². The van der Waals surface area contributed by atoms with Crippen molar-refractivity contribution in [1.82, 2.24) is 15.0 Å². The molecule has 114 valence electrons. The predicted molar refractivity (Wildman–Crippen MR) is 83.3 cm³/mol. The molecule has 2 aromatic rings. The summed E-state index contributed by atoms with van der Waals surface area (Å²) in [5.74, 6) is 1.29. The molecule has 0 aliphatic carbocycles. The van der Waals surface area contributed by atoms with Crippen LogP contribution < -0.4 is 10.5 Å². The Bertz CT molecular complexity index is 577. The lowest BCUT2D eigenvalue weighted by Gasteiger charge is -2.11. The number of rotatable bonds is 7. The molecule has 5 heteroatoms. The minimum atomic E-state index is 0.372. The highest BCUT2D eigenvalue weighted by Crippen LogP contribution is 2.17. The summed E-state index contributed by atoms with van der Waals surface area (Å²) in [6.07, 6.45) is 0.890. The van der Waals surface area contributed by atoms with Crippen LogP contribution in [0.3, 0.4) is 0 Å². The maximum atomic E-state index is 5.76. The lowest BCUT2D eigenvalue weighted by molar-refractivity contribution is 0.296. The molecular formula is C16H24N4O. The van der Waals surface area contributed by atoms with E-state index in [1.54, 1.807) is 0 Å². The van der Waals surface area contributed by atoms with E-state index >= 15 is 0 Å². The Morgan fingerprint density at radius 2 is 2.14 bits per heavy atom. The van der Waals surface area contributed by atoms with Gasteiger partial charge in [-0.15, -0.1) is 5.10 Å². The van der Waals surface area contributed by atoms with Gasteiger partial charge >= 0.3 is 0 Å². The summed E-state index contributed by atoms with van der Waals surface area (Å²) in [4.78, 5) is 0. The zero-order valence-electron chi connectivity index (χ0n) is 13.0. The SMILES string of the molecule is Cc1cccc(OCCCn2nnc(CN)c2C(C)C)c1. The number of nitrogens with two attached hydrogens (primary N) is 1. The summed E-state index contributed by atoms with van der Waals surface area (Å²) < 4.78 is 7.71. The van der Waals surface area contributed by atoms with Crippen molar-refractivity contribution in [2.75, 3.05) is 6.61 Å². The largest absolute Gasteiger partial charge is 0.494 e. The van der Waals surface area contributed by atoms with Gasteiger partial charge in [-0.25, -0.2) is 4.68 Å². The third-order valence-corrected chi connectivity index (χ3v) is 3.36. The van der Waals surface area contributed by atoms with Gasteiger partial charge in [0.05, 0.1) is 18.0 Å². The molecule has 5 nitrogen and oxygen atoms in total. The molecule has 1 heterocycles. The Labute approximate surface area is 126 Å². The number of benzene rings is 1. The highest BCUT2D eigenvalue weighted by atomic mass is 16.5. The van der Waals surface area contributed by atoms with E-state index in [1.807, 2.05) is 22.9 Å². The van der Waals surface area contributed by atoms with Gasteiger partial charge in [0.2, 0.25) is 0 Å². The monoisotopic (exact) mass is 288 g/mol. The molecular weight excluding hydrogens is 264 g/mol. The zero-order chi connectivity index (χ0) is 15.2. The summed E-state index contributed by atoms with van der Waals surface area (Å²) in [6.45, 7) is 8.24. The highest BCUT2D eigenvalue weighted by Gasteiger charge is 2.14. The van der Waals surface area contributed by atoms with Gasteiger partial charge in [-0.3, -0.25) is 0 Å². The van der Waals surface area contributed by atoms with Crippen molar-refractivity contribution in [3.05, 3.63) is 41.2 Å². The van der Waals surface area contributed by atoms with Crippen molar-refractivity contribution in [2.24, 2.45) is 5.73 Å². The van der Waals surface area contributed by atoms with Crippen molar-refractivity contribution in [3.63, 3.8) is 0 Å². The maximum Gasteiger partial charge on any atom is 0.119 e. The van der Waals surface area contributed by atoms with Crippen LogP contribution in [0.15, 0.2) is 24.3 Å². The number of nitrogens with zero attached hydrogens (tertiary/aromatic N) is 3. The number of hydrogen-bond donors (Lipinski definition) is 1. The van der Waals surface area contributed by atoms with E-state index in [0.29, 0.717) is 19.1 Å². The molecule has 0 radical (unpaired) electrons. The summed E-state index contributed by atoms with van der Waals surface area (Å²) in [5, 5.41) is 8.35. The molecule has 2 N–H and O–H groups in total. The normalized spacial score (nSPS) is 11.1. The van der Waals surface area contributed by atoms with Gasteiger partial charge in [-0.1, -0.05) is 31.2 Å². The van der Waals surface area contributed by atoms with Gasteiger partial charge in [0.1, 0.15) is 5.75 Å². The Balaban J connectivity index is 1.88. The molecule has 0 atom stereocenters. The Morgan fingerprint density at radius 1 is 1.33 bits per heavy atom. The van der Waals surface area contributed by atoms with Gasteiger partial charge in [0, 0.05) is 19.5 Å². The molecule has 0 amide bonds. The van der Waals surface area contributed by atoms with E-state index in [2.05, 4.69) is 37.1 Å². The number of aryl methyl sites for hydroxylation is 2. The first-order chi connectivity index (χ1) is 10.1. The second-order valence-corrected chi connectivity index (χ2v) is 5.52. The van der Waals surface area contributed by atoms with E-state index < -0.39 is 0 Å². The average Bonchev–Trinajstić information content (AvgIpc) is 2.87. The van der Waals surface area contributed by atoms with Crippen LogP contribution in [0, 0.1) is 6.92 Å². The molecule has 2 rings (SSSR count). The van der Waals surface area contributed by atoms with Gasteiger partial charge in [0.25, 0.3) is 0 Å². The van der Waals surface area contributed by atoms with Crippen molar-refractivity contribution in [3.8, 4) is 5.75 Å². The van der Waals surface area contributed by atoms with Crippen LogP contribution in [0.4, 0.5) is 0 Å². The molecule has 0 aliphatic rings. The second-order valence-electron chi connectivity index (χ2n) is 5.52. The van der Waals surface area contributed by atoms with Crippen molar-refractivity contribution >= 4 is 0 Å². The molecule has 0 unspecified atom stereocenters. The minimum absolute atomic E-state index is 0.372. The standard InChI is InChI=1S/C16H24N4O/c1-12(2)16-15(11-17)18-19-20(16)8-5-9-21-14-7-4-6-13(3)10-14/h4,6-7,10,12H,5,8-9,11,17H2,1-3H3. The maximum absolute atomic E-state index is 5.76. The Hall–Kier alpha value is -1.88. The summed E-state index contributed by atoms with van der Waals surface area (Å²) in [7, 11) is 0. The zero-order valence-corrected chi connectivity index (χ0v) is 13.0. The van der Waals surface area contributed by atoms with Crippen LogP contribution in [-0.4, -0.2) is 21.6 Å². The summed E-state index contributed by atoms with van der Waals surface area (Å²) >= 11 is 0. The van der Waals surface area contributed by atoms with Crippen molar-refractivity contribution < 1.29 is 4.74 Å². The molecule has 1 aromatic heterocycles. The summed E-state index contributed by atoms with van der Waals surface area (Å²) in [5.41, 5.74) is 8.94. The predicted octanol–water partition coefficient (Wildman–Crippen LogP) is 2.64. The van der Waals surface area contributed by atoms with E-state index in [-0.39, 0.29) is 0 Å². The smallest absolute Gasteiger partial charge is 0.119 e. The fraction of sp³-hybridized carbons (Fsp3) is 0.500. The van der Waals surface area contributed by atoms with Crippen molar-refractivity contribution in [2.45, 2.75) is 46.2 Å².